The van der Waals surface area contributed by atoms with Crippen LogP contribution in [0.4, 0.5) is 4.79 Å². The Balaban J connectivity index is 1.96. The molecule has 1 saturated heterocycles. The summed E-state index contributed by atoms with van der Waals surface area (Å²) in [5.41, 5.74) is -0.891. The molecule has 1 atom stereocenters. The molecule has 0 saturated carbocycles. The summed E-state index contributed by atoms with van der Waals surface area (Å²) in [6, 6.07) is 2.98. The highest BCUT2D eigenvalue weighted by molar-refractivity contribution is 6.08. The molecule has 25 heavy (non-hydrogen) atoms. The highest BCUT2D eigenvalue weighted by Gasteiger charge is 2.49. The minimum Gasteiger partial charge on any atom is -0.468 e. The normalized spacial score (nSPS) is 17.7. The van der Waals surface area contributed by atoms with Crippen LogP contribution in [0.5, 0.6) is 0 Å². The first-order valence-corrected chi connectivity index (χ1v) is 8.45. The number of nitrogens with one attached hydrogen (secondary N) is 2. The van der Waals surface area contributed by atoms with Crippen LogP contribution < -0.4 is 10.6 Å². The van der Waals surface area contributed by atoms with E-state index < -0.39 is 11.6 Å². The Morgan fingerprint density at radius 1 is 1.36 bits per heavy atom. The Hall–Kier alpha value is -2.35. The number of hydrogen-bond acceptors (Lipinski definition) is 5. The zero-order chi connectivity index (χ0) is 18.6. The molecule has 2 rings (SSSR count). The number of rotatable bonds is 8. The van der Waals surface area contributed by atoms with Crippen LogP contribution in [0.15, 0.2) is 22.8 Å². The van der Waals surface area contributed by atoms with Gasteiger partial charge >= 0.3 is 6.03 Å². The Morgan fingerprint density at radius 3 is 2.52 bits per heavy atom. The van der Waals surface area contributed by atoms with Crippen molar-refractivity contribution in [2.75, 3.05) is 27.2 Å². The quantitative estimate of drug-likeness (QED) is 0.685. The van der Waals surface area contributed by atoms with Crippen molar-refractivity contribution < 1.29 is 18.8 Å². The molecule has 4 amide bonds. The van der Waals surface area contributed by atoms with Crippen LogP contribution in [0.1, 0.15) is 38.5 Å². The number of imide groups is 1. The van der Waals surface area contributed by atoms with E-state index in [9.17, 15) is 14.4 Å². The second-order valence-electron chi connectivity index (χ2n) is 6.41. The lowest BCUT2D eigenvalue weighted by molar-refractivity contribution is -0.135. The van der Waals surface area contributed by atoms with E-state index in [0.717, 1.165) is 10.7 Å². The van der Waals surface area contributed by atoms with E-state index in [-0.39, 0.29) is 24.4 Å². The van der Waals surface area contributed by atoms with Crippen LogP contribution in [-0.4, -0.2) is 60.4 Å². The molecule has 138 valence electrons. The standard InChI is InChI=1S/C17H26N4O4/c1-5-17(6-2)15(23)21(16(24)19-17)11-14(22)18-10-12(20(3)4)13-8-7-9-25-13/h7-9,12H,5-6,10-11H2,1-4H3,(H,18,22)(H,19,24). The highest BCUT2D eigenvalue weighted by atomic mass is 16.3. The van der Waals surface area contributed by atoms with Gasteiger partial charge in [-0.1, -0.05) is 13.8 Å². The lowest BCUT2D eigenvalue weighted by Crippen LogP contribution is -2.47. The molecule has 1 fully saturated rings. The lowest BCUT2D eigenvalue weighted by atomic mass is 9.93. The third-order valence-corrected chi connectivity index (χ3v) is 4.74. The van der Waals surface area contributed by atoms with Crippen molar-refractivity contribution in [2.45, 2.75) is 38.3 Å². The highest BCUT2D eigenvalue weighted by Crippen LogP contribution is 2.24. The summed E-state index contributed by atoms with van der Waals surface area (Å²) in [5.74, 6) is 0.00836. The number of furan rings is 1. The van der Waals surface area contributed by atoms with Crippen LogP contribution in [0.2, 0.25) is 0 Å². The molecule has 1 unspecified atom stereocenters. The first-order chi connectivity index (χ1) is 11.8. The molecular formula is C17H26N4O4. The van der Waals surface area contributed by atoms with Gasteiger partial charge in [0.1, 0.15) is 17.8 Å². The van der Waals surface area contributed by atoms with Crippen LogP contribution in [0.25, 0.3) is 0 Å². The fourth-order valence-electron chi connectivity index (χ4n) is 2.98. The number of carbonyl (C=O) groups excluding carboxylic acids is 3. The smallest absolute Gasteiger partial charge is 0.325 e. The first kappa shape index (κ1) is 19.0. The molecule has 1 aliphatic rings. The molecule has 2 N–H and O–H groups in total. The zero-order valence-corrected chi connectivity index (χ0v) is 15.2. The summed E-state index contributed by atoms with van der Waals surface area (Å²) in [7, 11) is 3.77. The van der Waals surface area contributed by atoms with Gasteiger partial charge in [-0.15, -0.1) is 0 Å². The summed E-state index contributed by atoms with van der Waals surface area (Å²) in [4.78, 5) is 39.7. The first-order valence-electron chi connectivity index (χ1n) is 8.45. The molecule has 2 heterocycles. The average Bonchev–Trinajstić information content (AvgIpc) is 3.17. The predicted octanol–water partition coefficient (Wildman–Crippen LogP) is 1.11. The number of hydrogen-bond donors (Lipinski definition) is 2. The Labute approximate surface area is 147 Å². The van der Waals surface area contributed by atoms with E-state index in [1.807, 2.05) is 38.9 Å². The van der Waals surface area contributed by atoms with Crippen molar-refractivity contribution >= 4 is 17.8 Å². The lowest BCUT2D eigenvalue weighted by Gasteiger charge is -2.24. The van der Waals surface area contributed by atoms with Crippen molar-refractivity contribution in [2.24, 2.45) is 0 Å². The minimum atomic E-state index is -0.891. The van der Waals surface area contributed by atoms with E-state index in [2.05, 4.69) is 10.6 Å². The largest absolute Gasteiger partial charge is 0.468 e. The zero-order valence-electron chi connectivity index (χ0n) is 15.2. The van der Waals surface area contributed by atoms with Gasteiger partial charge in [0.15, 0.2) is 0 Å². The second kappa shape index (κ2) is 7.69. The third kappa shape index (κ3) is 3.84. The van der Waals surface area contributed by atoms with E-state index in [1.54, 1.807) is 12.3 Å². The van der Waals surface area contributed by atoms with Gasteiger partial charge in [0.05, 0.1) is 12.3 Å². The molecule has 1 aliphatic heterocycles. The van der Waals surface area contributed by atoms with Gasteiger partial charge < -0.3 is 15.1 Å². The van der Waals surface area contributed by atoms with Crippen molar-refractivity contribution in [3.63, 3.8) is 0 Å². The number of likely N-dealkylation sites (N-methyl/N-ethyl adjacent to an activating group) is 1. The molecule has 1 aromatic rings. The maximum atomic E-state index is 12.5. The molecule has 0 aromatic carbocycles. The van der Waals surface area contributed by atoms with Gasteiger partial charge in [0, 0.05) is 6.54 Å². The predicted molar refractivity (Wildman–Crippen MR) is 91.7 cm³/mol. The Bertz CT molecular complexity index is 623. The second-order valence-corrected chi connectivity index (χ2v) is 6.41. The van der Waals surface area contributed by atoms with Gasteiger partial charge in [-0.25, -0.2) is 4.79 Å². The number of urea groups is 1. The van der Waals surface area contributed by atoms with Crippen molar-refractivity contribution in [3.8, 4) is 0 Å². The summed E-state index contributed by atoms with van der Waals surface area (Å²) in [5, 5.41) is 5.48. The third-order valence-electron chi connectivity index (χ3n) is 4.74. The van der Waals surface area contributed by atoms with Gasteiger partial charge in [-0.2, -0.15) is 0 Å². The fourth-order valence-corrected chi connectivity index (χ4v) is 2.98. The maximum absolute atomic E-state index is 12.5. The monoisotopic (exact) mass is 350 g/mol. The van der Waals surface area contributed by atoms with E-state index in [0.29, 0.717) is 19.4 Å². The number of carbonyl (C=O) groups is 3. The van der Waals surface area contributed by atoms with Crippen LogP contribution in [-0.2, 0) is 9.59 Å². The number of amides is 4. The average molecular weight is 350 g/mol. The fraction of sp³-hybridized carbons (Fsp3) is 0.588. The molecule has 0 spiro atoms. The molecule has 0 bridgehead atoms. The minimum absolute atomic E-state index is 0.132. The van der Waals surface area contributed by atoms with Gasteiger partial charge in [0.2, 0.25) is 5.91 Å². The Kier molecular flexibility index (Phi) is 5.84. The van der Waals surface area contributed by atoms with Crippen LogP contribution in [0.3, 0.4) is 0 Å². The van der Waals surface area contributed by atoms with Gasteiger partial charge in [-0.3, -0.25) is 19.4 Å². The van der Waals surface area contributed by atoms with Crippen molar-refractivity contribution in [1.29, 1.82) is 0 Å². The summed E-state index contributed by atoms with van der Waals surface area (Å²) >= 11 is 0. The topological polar surface area (TPSA) is 94.9 Å². The Morgan fingerprint density at radius 2 is 2.04 bits per heavy atom. The van der Waals surface area contributed by atoms with Gasteiger partial charge in [-0.05, 0) is 39.1 Å². The van der Waals surface area contributed by atoms with Crippen molar-refractivity contribution in [1.82, 2.24) is 20.4 Å². The van der Waals surface area contributed by atoms with Crippen LogP contribution >= 0.6 is 0 Å². The molecule has 8 nitrogen and oxygen atoms in total. The van der Waals surface area contributed by atoms with E-state index in [1.165, 1.54) is 0 Å². The SMILES string of the molecule is CCC1(CC)NC(=O)N(CC(=O)NCC(c2ccco2)N(C)C)C1=O. The molecular weight excluding hydrogens is 324 g/mol. The number of nitrogens with zero attached hydrogens (tertiary/aromatic N) is 2. The summed E-state index contributed by atoms with van der Waals surface area (Å²) in [6.45, 7) is 3.72. The van der Waals surface area contributed by atoms with E-state index in [4.69, 9.17) is 4.42 Å². The summed E-state index contributed by atoms with van der Waals surface area (Å²) < 4.78 is 5.39. The van der Waals surface area contributed by atoms with Crippen LogP contribution in [0, 0.1) is 0 Å². The molecule has 0 radical (unpaired) electrons. The van der Waals surface area contributed by atoms with Gasteiger partial charge in [0.25, 0.3) is 5.91 Å². The molecule has 0 aliphatic carbocycles. The molecule has 1 aromatic heterocycles. The maximum Gasteiger partial charge on any atom is 0.325 e. The van der Waals surface area contributed by atoms with Crippen molar-refractivity contribution in [3.05, 3.63) is 24.2 Å². The summed E-state index contributed by atoms with van der Waals surface area (Å²) in [6.07, 6.45) is 2.57. The van der Waals surface area contributed by atoms with E-state index >= 15 is 0 Å². The molecule has 8 heteroatoms.